The van der Waals surface area contributed by atoms with Crippen LogP contribution in [0.4, 0.5) is 5.00 Å². The van der Waals surface area contributed by atoms with E-state index < -0.39 is 11.9 Å². The third-order valence-corrected chi connectivity index (χ3v) is 9.12. The van der Waals surface area contributed by atoms with Crippen molar-refractivity contribution in [3.8, 4) is 0 Å². The van der Waals surface area contributed by atoms with Gasteiger partial charge < -0.3 is 24.1 Å². The minimum atomic E-state index is -0.445. The highest BCUT2D eigenvalue weighted by Gasteiger charge is 2.28. The Morgan fingerprint density at radius 1 is 1.10 bits per heavy atom. The van der Waals surface area contributed by atoms with Crippen LogP contribution in [0.25, 0.3) is 10.2 Å². The van der Waals surface area contributed by atoms with Crippen LogP contribution in [-0.2, 0) is 43.2 Å². The fraction of sp³-hybridized carbons (Fsp3) is 0.423. The highest BCUT2D eigenvalue weighted by atomic mass is 32.2. The molecule has 0 aliphatic heterocycles. The SMILES string of the molecule is CCOC(=O)c1c(NC(=O)CSCC(=O)N=c2sc3cc(C(=O)OC)ccc3n2CCOC)sc2c1CCC2. The van der Waals surface area contributed by atoms with Gasteiger partial charge in [-0.2, -0.15) is 4.99 Å². The van der Waals surface area contributed by atoms with Crippen molar-refractivity contribution in [2.24, 2.45) is 4.99 Å². The molecule has 10 nitrogen and oxygen atoms in total. The average Bonchev–Trinajstić information content (AvgIpc) is 3.59. The summed E-state index contributed by atoms with van der Waals surface area (Å²) < 4.78 is 17.9. The molecule has 0 radical (unpaired) electrons. The lowest BCUT2D eigenvalue weighted by atomic mass is 10.1. The number of thioether (sulfide) groups is 1. The van der Waals surface area contributed by atoms with Gasteiger partial charge in [-0.15, -0.1) is 23.1 Å². The predicted molar refractivity (Wildman–Crippen MR) is 152 cm³/mol. The van der Waals surface area contributed by atoms with E-state index in [1.807, 2.05) is 4.57 Å². The minimum absolute atomic E-state index is 0.00499. The Kier molecular flexibility index (Phi) is 9.94. The molecule has 0 saturated heterocycles. The van der Waals surface area contributed by atoms with Gasteiger partial charge in [-0.05, 0) is 49.9 Å². The zero-order chi connectivity index (χ0) is 27.9. The Bertz CT molecular complexity index is 1470. The highest BCUT2D eigenvalue weighted by Crippen LogP contribution is 2.39. The van der Waals surface area contributed by atoms with Gasteiger partial charge in [0.25, 0.3) is 5.91 Å². The van der Waals surface area contributed by atoms with E-state index in [9.17, 15) is 19.2 Å². The van der Waals surface area contributed by atoms with Crippen LogP contribution < -0.4 is 10.1 Å². The molecule has 13 heteroatoms. The van der Waals surface area contributed by atoms with Crippen LogP contribution in [0, 0.1) is 0 Å². The molecule has 3 aromatic rings. The number of hydrogen-bond donors (Lipinski definition) is 1. The molecule has 0 unspecified atom stereocenters. The van der Waals surface area contributed by atoms with E-state index in [0.717, 1.165) is 51.7 Å². The number of aryl methyl sites for hydroxylation is 1. The van der Waals surface area contributed by atoms with Gasteiger partial charge in [0.15, 0.2) is 4.80 Å². The van der Waals surface area contributed by atoms with Gasteiger partial charge in [0.1, 0.15) is 5.00 Å². The molecule has 0 bridgehead atoms. The smallest absolute Gasteiger partial charge is 0.341 e. The Balaban J connectivity index is 1.43. The number of fused-ring (bicyclic) bond motifs is 2. The first-order valence-electron chi connectivity index (χ1n) is 12.3. The van der Waals surface area contributed by atoms with Crippen LogP contribution in [0.5, 0.6) is 0 Å². The third kappa shape index (κ3) is 6.78. The summed E-state index contributed by atoms with van der Waals surface area (Å²) in [6.07, 6.45) is 2.67. The van der Waals surface area contributed by atoms with Gasteiger partial charge in [0, 0.05) is 18.5 Å². The first-order valence-corrected chi connectivity index (χ1v) is 15.1. The summed E-state index contributed by atoms with van der Waals surface area (Å²) in [5.74, 6) is -1.51. The topological polar surface area (TPSA) is 125 Å². The van der Waals surface area contributed by atoms with Gasteiger partial charge in [-0.25, -0.2) is 9.59 Å². The van der Waals surface area contributed by atoms with E-state index in [0.29, 0.717) is 34.1 Å². The standard InChI is InChI=1S/C26H29N3O7S3/c1-4-36-25(33)22-16-6-5-7-18(16)38-23(22)27-20(30)13-37-14-21(31)28-26-29(10-11-34-2)17-9-8-15(24(32)35-3)12-19(17)39-26/h8-9,12H,4-7,10-11,13-14H2,1-3H3,(H,27,30). The third-order valence-electron chi connectivity index (χ3n) is 5.96. The van der Waals surface area contributed by atoms with Gasteiger partial charge in [0.05, 0.1) is 53.2 Å². The monoisotopic (exact) mass is 591 g/mol. The van der Waals surface area contributed by atoms with Crippen molar-refractivity contribution in [1.29, 1.82) is 0 Å². The summed E-state index contributed by atoms with van der Waals surface area (Å²) in [5.41, 5.74) is 2.66. The maximum atomic E-state index is 12.7. The minimum Gasteiger partial charge on any atom is -0.465 e. The number of carbonyl (C=O) groups is 4. The fourth-order valence-corrected chi connectivity index (χ4v) is 7.25. The summed E-state index contributed by atoms with van der Waals surface area (Å²) in [6, 6.07) is 5.17. The number of esters is 2. The molecule has 0 spiro atoms. The van der Waals surface area contributed by atoms with Gasteiger partial charge in [0.2, 0.25) is 5.91 Å². The zero-order valence-corrected chi connectivity index (χ0v) is 24.3. The van der Waals surface area contributed by atoms with Gasteiger partial charge >= 0.3 is 11.9 Å². The molecule has 39 heavy (non-hydrogen) atoms. The normalized spacial score (nSPS) is 12.9. The predicted octanol–water partition coefficient (Wildman–Crippen LogP) is 3.66. The number of thiophene rings is 1. The molecule has 208 valence electrons. The Labute approximate surface area is 237 Å². The molecule has 2 amide bonds. The van der Waals surface area contributed by atoms with E-state index >= 15 is 0 Å². The maximum absolute atomic E-state index is 12.7. The number of rotatable bonds is 11. The van der Waals surface area contributed by atoms with Crippen LogP contribution in [0.2, 0.25) is 0 Å². The molecule has 2 aromatic heterocycles. The number of hydrogen-bond acceptors (Lipinski definition) is 10. The second kappa shape index (κ2) is 13.4. The lowest BCUT2D eigenvalue weighted by Gasteiger charge is -2.07. The molecular formula is C26H29N3O7S3. The molecule has 0 fully saturated rings. The number of nitrogens with zero attached hydrogens (tertiary/aromatic N) is 2. The largest absolute Gasteiger partial charge is 0.465 e. The molecule has 2 heterocycles. The van der Waals surface area contributed by atoms with Gasteiger partial charge in [-0.3, -0.25) is 9.59 Å². The molecule has 1 aromatic carbocycles. The molecule has 1 N–H and O–H groups in total. The van der Waals surface area contributed by atoms with Crippen molar-refractivity contribution in [2.45, 2.75) is 32.7 Å². The summed E-state index contributed by atoms with van der Waals surface area (Å²) in [4.78, 5) is 55.6. The summed E-state index contributed by atoms with van der Waals surface area (Å²) in [5, 5.41) is 3.34. The van der Waals surface area contributed by atoms with E-state index in [1.54, 1.807) is 32.2 Å². The number of ether oxygens (including phenoxy) is 3. The van der Waals surface area contributed by atoms with Crippen molar-refractivity contribution in [2.75, 3.05) is 44.3 Å². The van der Waals surface area contributed by atoms with E-state index in [4.69, 9.17) is 14.2 Å². The number of aromatic nitrogens is 1. The van der Waals surface area contributed by atoms with Crippen LogP contribution in [-0.4, -0.2) is 67.3 Å². The first kappa shape index (κ1) is 29.0. The first-order chi connectivity index (χ1) is 18.9. The number of nitrogens with one attached hydrogen (secondary N) is 1. The summed E-state index contributed by atoms with van der Waals surface area (Å²) >= 11 is 3.85. The molecule has 0 atom stereocenters. The van der Waals surface area contributed by atoms with E-state index in [-0.39, 0.29) is 29.9 Å². The number of carbonyl (C=O) groups excluding carboxylic acids is 4. The van der Waals surface area contributed by atoms with E-state index in [1.165, 1.54) is 29.8 Å². The Hall–Kier alpha value is -3.00. The van der Waals surface area contributed by atoms with Crippen LogP contribution in [0.1, 0.15) is 44.5 Å². The second-order valence-corrected chi connectivity index (χ2v) is 11.6. The Morgan fingerprint density at radius 2 is 1.92 bits per heavy atom. The quantitative estimate of drug-likeness (QED) is 0.335. The maximum Gasteiger partial charge on any atom is 0.341 e. The van der Waals surface area contributed by atoms with E-state index in [2.05, 4.69) is 10.3 Å². The number of thiazole rings is 1. The summed E-state index contributed by atoms with van der Waals surface area (Å²) in [7, 11) is 2.91. The lowest BCUT2D eigenvalue weighted by Crippen LogP contribution is -2.20. The summed E-state index contributed by atoms with van der Waals surface area (Å²) in [6.45, 7) is 2.90. The van der Waals surface area contributed by atoms with Crippen molar-refractivity contribution in [1.82, 2.24) is 4.57 Å². The van der Waals surface area contributed by atoms with Gasteiger partial charge in [-0.1, -0.05) is 11.3 Å². The van der Waals surface area contributed by atoms with Crippen LogP contribution >= 0.6 is 34.4 Å². The molecule has 0 saturated carbocycles. The second-order valence-electron chi connectivity index (χ2n) is 8.53. The van der Waals surface area contributed by atoms with Crippen molar-refractivity contribution in [3.63, 3.8) is 0 Å². The molecule has 1 aliphatic carbocycles. The average molecular weight is 592 g/mol. The number of anilines is 1. The number of amides is 2. The molecular weight excluding hydrogens is 563 g/mol. The number of benzene rings is 1. The van der Waals surface area contributed by atoms with Crippen molar-refractivity contribution in [3.05, 3.63) is 44.6 Å². The highest BCUT2D eigenvalue weighted by molar-refractivity contribution is 8.00. The molecule has 1 aliphatic rings. The fourth-order valence-electron chi connectivity index (χ4n) is 4.25. The van der Waals surface area contributed by atoms with Crippen molar-refractivity contribution < 1.29 is 33.4 Å². The Morgan fingerprint density at radius 3 is 2.67 bits per heavy atom. The van der Waals surface area contributed by atoms with Crippen molar-refractivity contribution >= 4 is 73.4 Å². The van der Waals surface area contributed by atoms with Crippen LogP contribution in [0.3, 0.4) is 0 Å². The zero-order valence-electron chi connectivity index (χ0n) is 21.9. The lowest BCUT2D eigenvalue weighted by molar-refractivity contribution is -0.115. The molecule has 4 rings (SSSR count). The van der Waals surface area contributed by atoms with Crippen LogP contribution in [0.15, 0.2) is 23.2 Å². The number of methoxy groups -OCH3 is 2.